The van der Waals surface area contributed by atoms with Gasteiger partial charge in [0.15, 0.2) is 0 Å². The number of carboxylic acid groups (broad SMARTS) is 1. The van der Waals surface area contributed by atoms with E-state index in [1.165, 1.54) is 0 Å². The minimum absolute atomic E-state index is 0.134. The summed E-state index contributed by atoms with van der Waals surface area (Å²) >= 11 is 0. The van der Waals surface area contributed by atoms with Gasteiger partial charge in [0.2, 0.25) is 0 Å². The minimum Gasteiger partial charge on any atom is -0.478 e. The highest BCUT2D eigenvalue weighted by Crippen LogP contribution is 2.17. The van der Waals surface area contributed by atoms with Crippen molar-refractivity contribution in [2.45, 2.75) is 6.42 Å². The molecule has 1 aromatic heterocycles. The van der Waals surface area contributed by atoms with Crippen LogP contribution in [0.3, 0.4) is 0 Å². The van der Waals surface area contributed by atoms with Gasteiger partial charge in [0.25, 0.3) is 0 Å². The summed E-state index contributed by atoms with van der Waals surface area (Å²) in [4.78, 5) is 16.4. The Morgan fingerprint density at radius 2 is 2.35 bits per heavy atom. The zero-order valence-electron chi connectivity index (χ0n) is 9.81. The van der Waals surface area contributed by atoms with Crippen LogP contribution < -0.4 is 4.90 Å². The minimum atomic E-state index is -1.19. The second-order valence-corrected chi connectivity index (χ2v) is 3.60. The van der Waals surface area contributed by atoms with Gasteiger partial charge in [-0.1, -0.05) is 0 Å². The van der Waals surface area contributed by atoms with Gasteiger partial charge >= 0.3 is 5.97 Å². The number of hydrogen-bond acceptors (Lipinski definition) is 4. The van der Waals surface area contributed by atoms with Crippen LogP contribution in [0.15, 0.2) is 12.3 Å². The molecule has 0 radical (unpaired) electrons. The molecule has 0 aliphatic heterocycles. The number of rotatable bonds is 6. The standard InChI is InChI=1S/C11H15FN2O3/c1-14(4-3-5-17-2)10-9(11(15)16)6-8(12)7-13-10/h6-7H,3-5H2,1-2H3,(H,15,16). The maximum atomic E-state index is 12.9. The second-order valence-electron chi connectivity index (χ2n) is 3.60. The molecule has 0 aliphatic rings. The summed E-state index contributed by atoms with van der Waals surface area (Å²) in [6.07, 6.45) is 1.75. The first-order valence-corrected chi connectivity index (χ1v) is 5.15. The number of pyridine rings is 1. The van der Waals surface area contributed by atoms with Gasteiger partial charge in [-0.25, -0.2) is 14.2 Å². The van der Waals surface area contributed by atoms with Crippen molar-refractivity contribution in [2.75, 3.05) is 32.2 Å². The van der Waals surface area contributed by atoms with Crippen LogP contribution >= 0.6 is 0 Å². The van der Waals surface area contributed by atoms with Crippen LogP contribution in [0.2, 0.25) is 0 Å². The van der Waals surface area contributed by atoms with E-state index in [0.29, 0.717) is 13.2 Å². The van der Waals surface area contributed by atoms with Crippen LogP contribution in [-0.2, 0) is 4.74 Å². The van der Waals surface area contributed by atoms with Crippen LogP contribution in [0.1, 0.15) is 16.8 Å². The molecule has 0 saturated heterocycles. The number of aromatic nitrogens is 1. The summed E-state index contributed by atoms with van der Waals surface area (Å²) in [5, 5.41) is 8.95. The number of halogens is 1. The number of nitrogens with zero attached hydrogens (tertiary/aromatic N) is 2. The van der Waals surface area contributed by atoms with Crippen molar-refractivity contribution < 1.29 is 19.0 Å². The molecule has 1 heterocycles. The summed E-state index contributed by atoms with van der Waals surface area (Å²) in [7, 11) is 3.31. The third-order valence-electron chi connectivity index (χ3n) is 2.27. The Kier molecular flexibility index (Phi) is 4.84. The Bertz CT molecular complexity index is 398. The van der Waals surface area contributed by atoms with Gasteiger partial charge in [0, 0.05) is 27.3 Å². The number of carboxylic acids is 1. The van der Waals surface area contributed by atoms with Gasteiger partial charge in [-0.3, -0.25) is 0 Å². The molecule has 0 unspecified atom stereocenters. The molecule has 0 fully saturated rings. The van der Waals surface area contributed by atoms with Gasteiger partial charge < -0.3 is 14.7 Å². The third kappa shape index (κ3) is 3.67. The summed E-state index contributed by atoms with van der Waals surface area (Å²) < 4.78 is 17.8. The highest BCUT2D eigenvalue weighted by molar-refractivity contribution is 5.93. The number of ether oxygens (including phenoxy) is 1. The van der Waals surface area contributed by atoms with Crippen LogP contribution in [0.4, 0.5) is 10.2 Å². The van der Waals surface area contributed by atoms with E-state index >= 15 is 0 Å². The maximum Gasteiger partial charge on any atom is 0.339 e. The molecule has 5 nitrogen and oxygen atoms in total. The van der Waals surface area contributed by atoms with E-state index in [0.717, 1.165) is 18.7 Å². The lowest BCUT2D eigenvalue weighted by Crippen LogP contribution is -2.23. The van der Waals surface area contributed by atoms with Crippen molar-refractivity contribution in [3.05, 3.63) is 23.6 Å². The number of methoxy groups -OCH3 is 1. The molecule has 94 valence electrons. The summed E-state index contributed by atoms with van der Waals surface area (Å²) in [5.41, 5.74) is -0.134. The van der Waals surface area contributed by atoms with Gasteiger partial charge in [-0.2, -0.15) is 0 Å². The van der Waals surface area contributed by atoms with Gasteiger partial charge in [-0.15, -0.1) is 0 Å². The molecule has 0 aliphatic carbocycles. The van der Waals surface area contributed by atoms with Crippen LogP contribution in [-0.4, -0.2) is 43.4 Å². The first kappa shape index (κ1) is 13.4. The van der Waals surface area contributed by atoms with E-state index in [-0.39, 0.29) is 11.4 Å². The highest BCUT2D eigenvalue weighted by Gasteiger charge is 2.15. The highest BCUT2D eigenvalue weighted by atomic mass is 19.1. The average Bonchev–Trinajstić information content (AvgIpc) is 2.29. The average molecular weight is 242 g/mol. The van der Waals surface area contributed by atoms with Crippen molar-refractivity contribution >= 4 is 11.8 Å². The first-order valence-electron chi connectivity index (χ1n) is 5.15. The fraction of sp³-hybridized carbons (Fsp3) is 0.455. The van der Waals surface area contributed by atoms with E-state index in [9.17, 15) is 9.18 Å². The molecule has 0 bridgehead atoms. The van der Waals surface area contributed by atoms with Crippen LogP contribution in [0.25, 0.3) is 0 Å². The third-order valence-corrected chi connectivity index (χ3v) is 2.27. The number of carbonyl (C=O) groups is 1. The zero-order chi connectivity index (χ0) is 12.8. The zero-order valence-corrected chi connectivity index (χ0v) is 9.81. The van der Waals surface area contributed by atoms with Gasteiger partial charge in [0.05, 0.1) is 6.20 Å². The monoisotopic (exact) mass is 242 g/mol. The molecular weight excluding hydrogens is 227 g/mol. The molecule has 0 spiro atoms. The van der Waals surface area contributed by atoms with Crippen molar-refractivity contribution in [2.24, 2.45) is 0 Å². The first-order chi connectivity index (χ1) is 8.06. The number of hydrogen-bond donors (Lipinski definition) is 1. The summed E-state index contributed by atoms with van der Waals surface area (Å²) in [5.74, 6) is -1.59. The van der Waals surface area contributed by atoms with Crippen LogP contribution in [0.5, 0.6) is 0 Å². The molecule has 0 saturated carbocycles. The van der Waals surface area contributed by atoms with Crippen molar-refractivity contribution in [1.82, 2.24) is 4.98 Å². The van der Waals surface area contributed by atoms with E-state index in [2.05, 4.69) is 4.98 Å². The fourth-order valence-electron chi connectivity index (χ4n) is 1.45. The van der Waals surface area contributed by atoms with Crippen molar-refractivity contribution in [3.8, 4) is 0 Å². The van der Waals surface area contributed by atoms with Gasteiger partial charge in [-0.05, 0) is 12.5 Å². The van der Waals surface area contributed by atoms with Crippen LogP contribution in [0, 0.1) is 5.82 Å². The predicted octanol–water partition coefficient (Wildman–Crippen LogP) is 1.39. The van der Waals surface area contributed by atoms with E-state index in [4.69, 9.17) is 9.84 Å². The number of aromatic carboxylic acids is 1. The lowest BCUT2D eigenvalue weighted by atomic mass is 10.2. The van der Waals surface area contributed by atoms with E-state index in [1.807, 2.05) is 0 Å². The Morgan fingerprint density at radius 1 is 1.65 bits per heavy atom. The molecule has 1 aromatic rings. The Labute approximate surface area is 98.8 Å². The van der Waals surface area contributed by atoms with Crippen molar-refractivity contribution in [3.63, 3.8) is 0 Å². The molecule has 0 aromatic carbocycles. The lowest BCUT2D eigenvalue weighted by molar-refractivity contribution is 0.0696. The molecule has 0 atom stereocenters. The molecule has 1 N–H and O–H groups in total. The summed E-state index contributed by atoms with van der Waals surface area (Å²) in [6, 6.07) is 0.970. The SMILES string of the molecule is COCCCN(C)c1ncc(F)cc1C(=O)O. The van der Waals surface area contributed by atoms with Gasteiger partial charge in [0.1, 0.15) is 17.2 Å². The quantitative estimate of drug-likeness (QED) is 0.764. The predicted molar refractivity (Wildman–Crippen MR) is 60.9 cm³/mol. The lowest BCUT2D eigenvalue weighted by Gasteiger charge is -2.19. The van der Waals surface area contributed by atoms with Crippen molar-refractivity contribution in [1.29, 1.82) is 0 Å². The topological polar surface area (TPSA) is 62.7 Å². The van der Waals surface area contributed by atoms with E-state index < -0.39 is 11.8 Å². The fourth-order valence-corrected chi connectivity index (χ4v) is 1.45. The summed E-state index contributed by atoms with van der Waals surface area (Å²) in [6.45, 7) is 1.17. The van der Waals surface area contributed by atoms with E-state index in [1.54, 1.807) is 19.1 Å². The second kappa shape index (κ2) is 6.15. The molecular formula is C11H15FN2O3. The molecule has 17 heavy (non-hydrogen) atoms. The molecule has 1 rings (SSSR count). The number of anilines is 1. The smallest absolute Gasteiger partial charge is 0.339 e. The maximum absolute atomic E-state index is 12.9. The molecule has 6 heteroatoms. The Morgan fingerprint density at radius 3 is 2.94 bits per heavy atom. The largest absolute Gasteiger partial charge is 0.478 e. The molecule has 0 amide bonds. The Balaban J connectivity index is 2.84. The normalized spacial score (nSPS) is 10.3. The Hall–Kier alpha value is -1.69.